The van der Waals surface area contributed by atoms with Crippen molar-refractivity contribution in [2.45, 2.75) is 83.3 Å². The minimum Gasteiger partial charge on any atom is -0.460 e. The van der Waals surface area contributed by atoms with E-state index in [1.165, 1.54) is 44.6 Å². The van der Waals surface area contributed by atoms with Crippen LogP contribution in [0.4, 0.5) is 0 Å². The topological polar surface area (TPSA) is 46.5 Å². The molecule has 1 aliphatic rings. The molecule has 0 aliphatic carbocycles. The van der Waals surface area contributed by atoms with Crippen molar-refractivity contribution in [3.63, 3.8) is 0 Å². The summed E-state index contributed by atoms with van der Waals surface area (Å²) >= 11 is 0. The maximum Gasteiger partial charge on any atom is 0.331 e. The third-order valence-electron chi connectivity index (χ3n) is 3.85. The van der Waals surface area contributed by atoms with Crippen LogP contribution in [0.15, 0.2) is 24.3 Å². The first-order valence-electron chi connectivity index (χ1n) is 8.42. The number of carbonyl (C=O) groups is 1. The van der Waals surface area contributed by atoms with Gasteiger partial charge in [-0.05, 0) is 26.2 Å². The molecule has 3 nitrogen and oxygen atoms in total. The molecule has 21 heavy (non-hydrogen) atoms. The van der Waals surface area contributed by atoms with Gasteiger partial charge >= 0.3 is 5.97 Å². The lowest BCUT2D eigenvalue weighted by Crippen LogP contribution is -2.12. The molecule has 0 aromatic rings. The van der Waals surface area contributed by atoms with Gasteiger partial charge in [-0.1, -0.05) is 63.2 Å². The van der Waals surface area contributed by atoms with Crippen molar-refractivity contribution >= 4 is 5.97 Å². The fraction of sp³-hybridized carbons (Fsp3) is 0.722. The van der Waals surface area contributed by atoms with Crippen molar-refractivity contribution in [3.8, 4) is 0 Å². The van der Waals surface area contributed by atoms with Crippen molar-refractivity contribution in [2.75, 3.05) is 0 Å². The maximum absolute atomic E-state index is 11.6. The molecular formula is C18H30O3. The van der Waals surface area contributed by atoms with E-state index in [1.807, 2.05) is 6.92 Å². The average molecular weight is 294 g/mol. The van der Waals surface area contributed by atoms with Gasteiger partial charge in [0.15, 0.2) is 0 Å². The van der Waals surface area contributed by atoms with Gasteiger partial charge in [-0.3, -0.25) is 0 Å². The van der Waals surface area contributed by atoms with Gasteiger partial charge in [-0.15, -0.1) is 0 Å². The lowest BCUT2D eigenvalue weighted by Gasteiger charge is -2.11. The molecule has 0 radical (unpaired) electrons. The molecule has 1 aliphatic heterocycles. The first-order valence-corrected chi connectivity index (χ1v) is 8.42. The number of aliphatic hydroxyl groups excluding tert-OH is 1. The van der Waals surface area contributed by atoms with Crippen molar-refractivity contribution in [2.24, 2.45) is 0 Å². The molecule has 0 saturated carbocycles. The summed E-state index contributed by atoms with van der Waals surface area (Å²) in [6.45, 7) is 1.95. The van der Waals surface area contributed by atoms with Gasteiger partial charge in [0.05, 0.1) is 12.2 Å². The van der Waals surface area contributed by atoms with Gasteiger partial charge in [0.2, 0.25) is 0 Å². The Morgan fingerprint density at radius 3 is 2.19 bits per heavy atom. The quantitative estimate of drug-likeness (QED) is 0.677. The van der Waals surface area contributed by atoms with Crippen molar-refractivity contribution in [1.82, 2.24) is 0 Å². The van der Waals surface area contributed by atoms with E-state index >= 15 is 0 Å². The van der Waals surface area contributed by atoms with Crippen LogP contribution in [0.1, 0.15) is 71.1 Å². The zero-order chi connectivity index (χ0) is 15.3. The Labute approximate surface area is 129 Å². The number of hydrogen-bond acceptors (Lipinski definition) is 3. The van der Waals surface area contributed by atoms with Gasteiger partial charge in [0, 0.05) is 6.08 Å². The number of carbonyl (C=O) groups excluding carboxylic acids is 1. The molecule has 0 aromatic carbocycles. The minimum absolute atomic E-state index is 0.0180. The Bertz CT molecular complexity index is 333. The fourth-order valence-corrected chi connectivity index (χ4v) is 2.57. The molecule has 120 valence electrons. The Morgan fingerprint density at radius 1 is 0.952 bits per heavy atom. The van der Waals surface area contributed by atoms with Crippen LogP contribution in [-0.2, 0) is 9.53 Å². The molecule has 1 heterocycles. The number of aliphatic hydroxyl groups is 1. The smallest absolute Gasteiger partial charge is 0.331 e. The second-order valence-electron chi connectivity index (χ2n) is 5.96. The molecule has 0 fully saturated rings. The number of allylic oxidation sites excluding steroid dienone is 2. The normalized spacial score (nSPS) is 30.7. The molecule has 0 saturated heterocycles. The third kappa shape index (κ3) is 10.3. The number of ether oxygens (including phenoxy) is 1. The van der Waals surface area contributed by atoms with Gasteiger partial charge in [-0.25, -0.2) is 4.79 Å². The van der Waals surface area contributed by atoms with E-state index in [1.54, 1.807) is 18.2 Å². The van der Waals surface area contributed by atoms with Crippen LogP contribution >= 0.6 is 0 Å². The summed E-state index contributed by atoms with van der Waals surface area (Å²) < 4.78 is 5.30. The van der Waals surface area contributed by atoms with E-state index in [-0.39, 0.29) is 12.1 Å². The second-order valence-corrected chi connectivity index (χ2v) is 5.96. The molecule has 3 heteroatoms. The lowest BCUT2D eigenvalue weighted by atomic mass is 10.0. The highest BCUT2D eigenvalue weighted by Gasteiger charge is 2.06. The number of cyclic esters (lactones) is 1. The monoisotopic (exact) mass is 294 g/mol. The van der Waals surface area contributed by atoms with Crippen molar-refractivity contribution < 1.29 is 14.6 Å². The number of hydrogen-bond donors (Lipinski definition) is 1. The molecule has 0 spiro atoms. The van der Waals surface area contributed by atoms with E-state index < -0.39 is 6.10 Å². The molecular weight excluding hydrogens is 264 g/mol. The Kier molecular flexibility index (Phi) is 9.88. The summed E-state index contributed by atoms with van der Waals surface area (Å²) in [7, 11) is 0. The predicted molar refractivity (Wildman–Crippen MR) is 86.0 cm³/mol. The fourth-order valence-electron chi connectivity index (χ4n) is 2.57. The summed E-state index contributed by atoms with van der Waals surface area (Å²) in [5, 5.41) is 9.77. The second kappa shape index (κ2) is 11.6. The average Bonchev–Trinajstić information content (AvgIpc) is 2.44. The molecule has 1 N–H and O–H groups in total. The first kappa shape index (κ1) is 18.0. The Hall–Kier alpha value is -1.09. The van der Waals surface area contributed by atoms with Crippen LogP contribution in [0.2, 0.25) is 0 Å². The first-order chi connectivity index (χ1) is 10.2. The largest absolute Gasteiger partial charge is 0.460 e. The Balaban J connectivity index is 2.43. The highest BCUT2D eigenvalue weighted by atomic mass is 16.5. The number of esters is 1. The van der Waals surface area contributed by atoms with Gasteiger partial charge in [-0.2, -0.15) is 0 Å². The minimum atomic E-state index is -0.413. The molecule has 2 atom stereocenters. The van der Waals surface area contributed by atoms with E-state index in [9.17, 15) is 9.90 Å². The van der Waals surface area contributed by atoms with Crippen LogP contribution in [0.5, 0.6) is 0 Å². The summed E-state index contributed by atoms with van der Waals surface area (Å²) in [5.74, 6) is -0.303. The maximum atomic E-state index is 11.6. The SMILES string of the molecule is C[C@H]1CCCCCCCCCC[C@@H](O)/C=C/C=C\C(=O)O1. The summed E-state index contributed by atoms with van der Waals surface area (Å²) in [4.78, 5) is 11.6. The zero-order valence-corrected chi connectivity index (χ0v) is 13.3. The van der Waals surface area contributed by atoms with Crippen LogP contribution < -0.4 is 0 Å². The zero-order valence-electron chi connectivity index (χ0n) is 13.3. The lowest BCUT2D eigenvalue weighted by molar-refractivity contribution is -0.142. The van der Waals surface area contributed by atoms with Crippen molar-refractivity contribution in [1.29, 1.82) is 0 Å². The van der Waals surface area contributed by atoms with Crippen LogP contribution in [0.3, 0.4) is 0 Å². The van der Waals surface area contributed by atoms with Crippen LogP contribution in [-0.4, -0.2) is 23.3 Å². The Morgan fingerprint density at radius 2 is 1.52 bits per heavy atom. The summed E-state index contributed by atoms with van der Waals surface area (Å²) in [5.41, 5.74) is 0. The predicted octanol–water partition coefficient (Wildman–Crippen LogP) is 4.31. The highest BCUT2D eigenvalue weighted by Crippen LogP contribution is 2.13. The number of rotatable bonds is 0. The van der Waals surface area contributed by atoms with E-state index in [0.29, 0.717) is 0 Å². The summed E-state index contributed by atoms with van der Waals surface area (Å²) in [6, 6.07) is 0. The van der Waals surface area contributed by atoms with E-state index in [2.05, 4.69) is 0 Å². The van der Waals surface area contributed by atoms with Crippen LogP contribution in [0, 0.1) is 0 Å². The third-order valence-corrected chi connectivity index (χ3v) is 3.85. The van der Waals surface area contributed by atoms with Gasteiger partial charge in [0.25, 0.3) is 0 Å². The van der Waals surface area contributed by atoms with Crippen molar-refractivity contribution in [3.05, 3.63) is 24.3 Å². The molecule has 0 amide bonds. The van der Waals surface area contributed by atoms with E-state index in [0.717, 1.165) is 25.7 Å². The van der Waals surface area contributed by atoms with Gasteiger partial charge < -0.3 is 9.84 Å². The molecule has 0 aromatic heterocycles. The van der Waals surface area contributed by atoms with E-state index in [4.69, 9.17) is 4.74 Å². The van der Waals surface area contributed by atoms with Gasteiger partial charge in [0.1, 0.15) is 0 Å². The molecule has 1 rings (SSSR count). The molecule has 0 unspecified atom stereocenters. The van der Waals surface area contributed by atoms with Crippen LogP contribution in [0.25, 0.3) is 0 Å². The summed E-state index contributed by atoms with van der Waals surface area (Å²) in [6.07, 6.45) is 17.6. The standard InChI is InChI=1S/C18H30O3/c1-16-12-8-6-4-2-3-5-7-9-13-17(19)14-10-11-15-18(20)21-16/h10-11,14-17,19H,2-9,12-13H2,1H3/b14-10+,15-11-/t16-,17+/m0/s1. The highest BCUT2D eigenvalue weighted by molar-refractivity contribution is 5.82. The molecule has 0 bridgehead atoms.